The zero-order valence-corrected chi connectivity index (χ0v) is 16.6. The van der Waals surface area contributed by atoms with Crippen molar-refractivity contribution in [2.24, 2.45) is 0 Å². The molecule has 0 unspecified atom stereocenters. The van der Waals surface area contributed by atoms with Crippen LogP contribution in [-0.2, 0) is 14.8 Å². The molecule has 146 valence electrons. The van der Waals surface area contributed by atoms with Gasteiger partial charge in [0, 0.05) is 23.3 Å². The Morgan fingerprint density at radius 1 is 1.07 bits per heavy atom. The van der Waals surface area contributed by atoms with Gasteiger partial charge in [-0.1, -0.05) is 17.7 Å². The number of fused-ring (bicyclic) bond motifs is 1. The van der Waals surface area contributed by atoms with Gasteiger partial charge in [-0.3, -0.25) is 4.98 Å². The molecule has 0 spiro atoms. The van der Waals surface area contributed by atoms with Crippen molar-refractivity contribution in [3.05, 3.63) is 78.2 Å². The smallest absolute Gasteiger partial charge is 0.355 e. The fraction of sp³-hybridized carbons (Fsp3) is 0.0952. The van der Waals surface area contributed by atoms with Crippen LogP contribution in [-0.4, -0.2) is 35.4 Å². The van der Waals surface area contributed by atoms with Gasteiger partial charge in [0.1, 0.15) is 5.69 Å². The first-order valence-electron chi connectivity index (χ1n) is 8.75. The van der Waals surface area contributed by atoms with Gasteiger partial charge >= 0.3 is 5.97 Å². The zero-order chi connectivity index (χ0) is 20.6. The molecule has 0 fully saturated rings. The average molecular weight is 407 g/mol. The highest BCUT2D eigenvalue weighted by molar-refractivity contribution is 7.90. The predicted octanol–water partition coefficient (Wildman–Crippen LogP) is 3.43. The quantitative estimate of drug-likeness (QED) is 0.482. The number of pyridine rings is 2. The van der Waals surface area contributed by atoms with E-state index in [9.17, 15) is 13.2 Å². The molecule has 0 aliphatic carbocycles. The number of hydrogen-bond donors (Lipinski definition) is 0. The number of aromatic nitrogens is 3. The van der Waals surface area contributed by atoms with E-state index in [1.54, 1.807) is 42.7 Å². The molecular formula is C21H17N3O4S. The predicted molar refractivity (Wildman–Crippen MR) is 108 cm³/mol. The Balaban J connectivity index is 2.01. The van der Waals surface area contributed by atoms with E-state index in [4.69, 9.17) is 4.74 Å². The first kappa shape index (κ1) is 18.8. The van der Waals surface area contributed by atoms with Gasteiger partial charge < -0.3 is 4.74 Å². The van der Waals surface area contributed by atoms with Gasteiger partial charge in [-0.25, -0.2) is 22.2 Å². The molecule has 3 aromatic heterocycles. The summed E-state index contributed by atoms with van der Waals surface area (Å²) in [6, 6.07) is 14.9. The maximum absolute atomic E-state index is 13.4. The molecule has 0 radical (unpaired) electrons. The van der Waals surface area contributed by atoms with E-state index in [0.29, 0.717) is 11.1 Å². The van der Waals surface area contributed by atoms with Crippen LogP contribution in [0.3, 0.4) is 0 Å². The minimum absolute atomic E-state index is 0.0549. The molecule has 0 N–H and O–H groups in total. The molecule has 0 saturated heterocycles. The molecule has 0 aliphatic heterocycles. The molecule has 3 heterocycles. The number of methoxy groups -OCH3 is 1. The fourth-order valence-electron chi connectivity index (χ4n) is 3.03. The van der Waals surface area contributed by atoms with Crippen LogP contribution in [0.25, 0.3) is 22.3 Å². The zero-order valence-electron chi connectivity index (χ0n) is 15.7. The maximum atomic E-state index is 13.4. The third-order valence-corrected chi connectivity index (χ3v) is 6.24. The largest absolute Gasteiger partial charge is 0.464 e. The molecule has 0 atom stereocenters. The number of esters is 1. The van der Waals surface area contributed by atoms with E-state index in [1.807, 2.05) is 13.0 Å². The van der Waals surface area contributed by atoms with E-state index in [1.165, 1.54) is 25.3 Å². The SMILES string of the molecule is COC(=O)c1cc2ccc(-c3cccnc3)nc2n1S(=O)(=O)c1ccc(C)cc1. The summed E-state index contributed by atoms with van der Waals surface area (Å²) in [5.41, 5.74) is 2.23. The molecule has 29 heavy (non-hydrogen) atoms. The van der Waals surface area contributed by atoms with E-state index < -0.39 is 16.0 Å². The highest BCUT2D eigenvalue weighted by Crippen LogP contribution is 2.28. The molecular weight excluding hydrogens is 390 g/mol. The van der Waals surface area contributed by atoms with Crippen LogP contribution in [0.4, 0.5) is 0 Å². The minimum atomic E-state index is -4.09. The number of carbonyl (C=O) groups is 1. The third kappa shape index (κ3) is 3.27. The number of hydrogen-bond acceptors (Lipinski definition) is 6. The summed E-state index contributed by atoms with van der Waals surface area (Å²) < 4.78 is 32.6. The molecule has 1 aromatic carbocycles. The normalized spacial score (nSPS) is 11.5. The van der Waals surface area contributed by atoms with Gasteiger partial charge in [-0.2, -0.15) is 0 Å². The van der Waals surface area contributed by atoms with Gasteiger partial charge in [-0.05, 0) is 49.4 Å². The van der Waals surface area contributed by atoms with Crippen molar-refractivity contribution in [3.63, 3.8) is 0 Å². The summed E-state index contributed by atoms with van der Waals surface area (Å²) in [7, 11) is -2.88. The number of aryl methyl sites for hydroxylation is 1. The minimum Gasteiger partial charge on any atom is -0.464 e. The van der Waals surface area contributed by atoms with Gasteiger partial charge in [0.2, 0.25) is 0 Å². The Bertz CT molecular complexity index is 1310. The molecule has 8 heteroatoms. The number of benzene rings is 1. The first-order chi connectivity index (χ1) is 13.9. The molecule has 0 bridgehead atoms. The number of ether oxygens (including phenoxy) is 1. The number of nitrogens with zero attached hydrogens (tertiary/aromatic N) is 3. The Kier molecular flexibility index (Phi) is 4.63. The fourth-order valence-corrected chi connectivity index (χ4v) is 4.49. The molecule has 4 aromatic rings. The lowest BCUT2D eigenvalue weighted by atomic mass is 10.2. The van der Waals surface area contributed by atoms with Gasteiger partial charge in [0.25, 0.3) is 10.0 Å². The van der Waals surface area contributed by atoms with Crippen LogP contribution in [0, 0.1) is 6.92 Å². The summed E-state index contributed by atoms with van der Waals surface area (Å²) in [5, 5.41) is 0.508. The summed E-state index contributed by atoms with van der Waals surface area (Å²) >= 11 is 0. The van der Waals surface area contributed by atoms with Crippen LogP contribution in [0.15, 0.2) is 71.9 Å². The molecule has 0 aliphatic rings. The number of rotatable bonds is 4. The lowest BCUT2D eigenvalue weighted by molar-refractivity contribution is 0.0593. The second-order valence-corrected chi connectivity index (χ2v) is 8.24. The van der Waals surface area contributed by atoms with Crippen LogP contribution in [0.5, 0.6) is 0 Å². The van der Waals surface area contributed by atoms with Crippen molar-refractivity contribution in [1.29, 1.82) is 0 Å². The van der Waals surface area contributed by atoms with Crippen LogP contribution in [0.2, 0.25) is 0 Å². The second kappa shape index (κ2) is 7.14. The number of carbonyl (C=O) groups excluding carboxylic acids is 1. The highest BCUT2D eigenvalue weighted by Gasteiger charge is 2.28. The lowest BCUT2D eigenvalue weighted by Gasteiger charge is -2.11. The Labute approximate surface area is 167 Å². The average Bonchev–Trinajstić information content (AvgIpc) is 3.13. The molecule has 0 saturated carbocycles. The summed E-state index contributed by atoms with van der Waals surface area (Å²) in [6.45, 7) is 1.86. The van der Waals surface area contributed by atoms with E-state index in [0.717, 1.165) is 15.1 Å². The maximum Gasteiger partial charge on any atom is 0.355 e. The van der Waals surface area contributed by atoms with E-state index >= 15 is 0 Å². The monoisotopic (exact) mass is 407 g/mol. The van der Waals surface area contributed by atoms with Crippen molar-refractivity contribution in [3.8, 4) is 11.3 Å². The molecule has 7 nitrogen and oxygen atoms in total. The summed E-state index contributed by atoms with van der Waals surface area (Å²) in [4.78, 5) is 21.0. The first-order valence-corrected chi connectivity index (χ1v) is 10.2. The van der Waals surface area contributed by atoms with Crippen molar-refractivity contribution in [2.45, 2.75) is 11.8 Å². The van der Waals surface area contributed by atoms with Gasteiger partial charge in [-0.15, -0.1) is 0 Å². The highest BCUT2D eigenvalue weighted by atomic mass is 32.2. The van der Waals surface area contributed by atoms with Gasteiger partial charge in [0.15, 0.2) is 5.65 Å². The Hall–Kier alpha value is -3.52. The van der Waals surface area contributed by atoms with Crippen LogP contribution in [0.1, 0.15) is 16.1 Å². The third-order valence-electron chi connectivity index (χ3n) is 4.52. The standard InChI is InChI=1S/C21H17N3O4S/c1-14-5-8-17(9-6-14)29(26,27)24-19(21(25)28-2)12-15-7-10-18(23-20(15)24)16-4-3-11-22-13-16/h3-13H,1-2H3. The molecule has 4 rings (SSSR count). The second-order valence-electron chi connectivity index (χ2n) is 6.45. The van der Waals surface area contributed by atoms with Crippen molar-refractivity contribution in [1.82, 2.24) is 13.9 Å². The lowest BCUT2D eigenvalue weighted by Crippen LogP contribution is -2.19. The van der Waals surface area contributed by atoms with E-state index in [2.05, 4.69) is 9.97 Å². The van der Waals surface area contributed by atoms with Crippen molar-refractivity contribution in [2.75, 3.05) is 7.11 Å². The van der Waals surface area contributed by atoms with Crippen LogP contribution < -0.4 is 0 Å². The topological polar surface area (TPSA) is 91.2 Å². The van der Waals surface area contributed by atoms with Gasteiger partial charge in [0.05, 0.1) is 17.7 Å². The Morgan fingerprint density at radius 2 is 1.83 bits per heavy atom. The summed E-state index contributed by atoms with van der Waals surface area (Å²) in [5.74, 6) is -0.762. The van der Waals surface area contributed by atoms with Crippen molar-refractivity contribution < 1.29 is 17.9 Å². The Morgan fingerprint density at radius 3 is 2.48 bits per heavy atom. The van der Waals surface area contributed by atoms with Crippen LogP contribution >= 0.6 is 0 Å². The summed E-state index contributed by atoms with van der Waals surface area (Å²) in [6.07, 6.45) is 3.28. The van der Waals surface area contributed by atoms with E-state index in [-0.39, 0.29) is 16.2 Å². The molecule has 0 amide bonds. The van der Waals surface area contributed by atoms with Crippen molar-refractivity contribution >= 4 is 27.0 Å².